The lowest BCUT2D eigenvalue weighted by molar-refractivity contribution is 0.0600. The molecule has 8 nitrogen and oxygen atoms in total. The van der Waals surface area contributed by atoms with Crippen LogP contribution in [0.25, 0.3) is 11.1 Å². The van der Waals surface area contributed by atoms with Gasteiger partial charge in [0.1, 0.15) is 23.0 Å². The van der Waals surface area contributed by atoms with Gasteiger partial charge in [-0.1, -0.05) is 11.6 Å². The summed E-state index contributed by atoms with van der Waals surface area (Å²) in [6, 6.07) is 17.3. The highest BCUT2D eigenvalue weighted by atomic mass is 35.5. The molecular formula is C26H22ClN3O5. The van der Waals surface area contributed by atoms with Crippen molar-refractivity contribution in [1.82, 2.24) is 9.97 Å². The average molecular weight is 492 g/mol. The summed E-state index contributed by atoms with van der Waals surface area (Å²) in [4.78, 5) is 20.9. The molecule has 178 valence electrons. The quantitative estimate of drug-likeness (QED) is 0.294. The number of methoxy groups -OCH3 is 3. The van der Waals surface area contributed by atoms with Gasteiger partial charge in [0.2, 0.25) is 5.95 Å². The number of hydrogen-bond acceptors (Lipinski definition) is 8. The van der Waals surface area contributed by atoms with Gasteiger partial charge in [-0.15, -0.1) is 0 Å². The average Bonchev–Trinajstić information content (AvgIpc) is 2.89. The van der Waals surface area contributed by atoms with Crippen LogP contribution < -0.4 is 19.5 Å². The normalized spacial score (nSPS) is 10.4. The Morgan fingerprint density at radius 3 is 2.09 bits per heavy atom. The van der Waals surface area contributed by atoms with Gasteiger partial charge >= 0.3 is 5.97 Å². The number of esters is 1. The predicted octanol–water partition coefficient (Wildman–Crippen LogP) is 6.14. The van der Waals surface area contributed by atoms with Crippen LogP contribution in [0, 0.1) is 0 Å². The van der Waals surface area contributed by atoms with Crippen molar-refractivity contribution in [3.63, 3.8) is 0 Å². The maximum Gasteiger partial charge on any atom is 0.337 e. The molecular weight excluding hydrogens is 470 g/mol. The Hall–Kier alpha value is -4.30. The van der Waals surface area contributed by atoms with Gasteiger partial charge in [0, 0.05) is 52.4 Å². The molecule has 35 heavy (non-hydrogen) atoms. The number of halogens is 1. The van der Waals surface area contributed by atoms with Crippen LogP contribution in [0.15, 0.2) is 73.1 Å². The first-order valence-corrected chi connectivity index (χ1v) is 10.8. The maximum absolute atomic E-state index is 12.1. The molecule has 9 heteroatoms. The highest BCUT2D eigenvalue weighted by Crippen LogP contribution is 2.35. The highest BCUT2D eigenvalue weighted by molar-refractivity contribution is 6.30. The summed E-state index contributed by atoms with van der Waals surface area (Å²) in [6.07, 6.45) is 3.32. The van der Waals surface area contributed by atoms with Gasteiger partial charge in [0.05, 0.1) is 26.9 Å². The van der Waals surface area contributed by atoms with Gasteiger partial charge in [0.15, 0.2) is 0 Å². The van der Waals surface area contributed by atoms with Crippen LogP contribution in [0.4, 0.5) is 11.6 Å². The molecule has 0 bridgehead atoms. The fourth-order valence-electron chi connectivity index (χ4n) is 3.26. The zero-order valence-electron chi connectivity index (χ0n) is 19.2. The molecule has 0 aliphatic heterocycles. The second-order valence-electron chi connectivity index (χ2n) is 7.28. The monoisotopic (exact) mass is 491 g/mol. The summed E-state index contributed by atoms with van der Waals surface area (Å²) in [6.45, 7) is 0. The van der Waals surface area contributed by atoms with Crippen LogP contribution in [0.2, 0.25) is 5.02 Å². The number of carbonyl (C=O) groups is 1. The summed E-state index contributed by atoms with van der Waals surface area (Å²) in [7, 11) is 4.49. The number of nitrogens with zero attached hydrogens (tertiary/aromatic N) is 2. The second-order valence-corrected chi connectivity index (χ2v) is 7.72. The van der Waals surface area contributed by atoms with Crippen molar-refractivity contribution in [2.45, 2.75) is 0 Å². The van der Waals surface area contributed by atoms with Crippen LogP contribution in [-0.4, -0.2) is 37.3 Å². The minimum Gasteiger partial charge on any atom is -0.497 e. The first kappa shape index (κ1) is 23.8. The third kappa shape index (κ3) is 5.80. The van der Waals surface area contributed by atoms with Gasteiger partial charge in [-0.2, -0.15) is 0 Å². The van der Waals surface area contributed by atoms with Crippen molar-refractivity contribution in [2.24, 2.45) is 0 Å². The Bertz CT molecular complexity index is 1310. The van der Waals surface area contributed by atoms with E-state index in [9.17, 15) is 4.79 Å². The van der Waals surface area contributed by atoms with E-state index in [1.54, 1.807) is 75.1 Å². The van der Waals surface area contributed by atoms with Gasteiger partial charge in [-0.05, 0) is 42.5 Å². The highest BCUT2D eigenvalue weighted by Gasteiger charge is 2.14. The zero-order valence-corrected chi connectivity index (χ0v) is 20.0. The van der Waals surface area contributed by atoms with Gasteiger partial charge < -0.3 is 24.3 Å². The molecule has 1 aromatic heterocycles. The Morgan fingerprint density at radius 1 is 0.829 bits per heavy atom. The summed E-state index contributed by atoms with van der Waals surface area (Å²) < 4.78 is 21.5. The first-order chi connectivity index (χ1) is 17.0. The molecule has 0 saturated carbocycles. The molecule has 0 unspecified atom stereocenters. The van der Waals surface area contributed by atoms with E-state index in [4.69, 9.17) is 30.5 Å². The molecule has 1 heterocycles. The van der Waals surface area contributed by atoms with Crippen LogP contribution in [0.1, 0.15) is 10.4 Å². The predicted molar refractivity (Wildman–Crippen MR) is 133 cm³/mol. The lowest BCUT2D eigenvalue weighted by Crippen LogP contribution is -2.02. The number of anilines is 2. The van der Waals surface area contributed by atoms with E-state index < -0.39 is 5.97 Å². The van der Waals surface area contributed by atoms with Crippen molar-refractivity contribution in [1.29, 1.82) is 0 Å². The molecule has 0 atom stereocenters. The fourth-order valence-corrected chi connectivity index (χ4v) is 3.39. The van der Waals surface area contributed by atoms with E-state index in [0.717, 1.165) is 0 Å². The summed E-state index contributed by atoms with van der Waals surface area (Å²) >= 11 is 5.98. The van der Waals surface area contributed by atoms with E-state index in [-0.39, 0.29) is 0 Å². The van der Waals surface area contributed by atoms with Crippen molar-refractivity contribution in [2.75, 3.05) is 26.6 Å². The molecule has 0 amide bonds. The summed E-state index contributed by atoms with van der Waals surface area (Å²) in [5.41, 5.74) is 2.45. The summed E-state index contributed by atoms with van der Waals surface area (Å²) in [5, 5.41) is 3.73. The molecule has 0 aliphatic carbocycles. The number of aromatic nitrogens is 2. The maximum atomic E-state index is 12.1. The Balaban J connectivity index is 1.63. The smallest absolute Gasteiger partial charge is 0.337 e. The molecule has 0 aliphatic rings. The molecule has 1 N–H and O–H groups in total. The SMILES string of the molecule is COC(=O)c1ccc(-c2cnc(Nc3cc(OC)cc(OC)c3)nc2)c(Oc2ccc(Cl)cc2)c1. The number of rotatable bonds is 8. The zero-order chi connectivity index (χ0) is 24.8. The van der Waals surface area contributed by atoms with Crippen LogP contribution >= 0.6 is 11.6 Å². The molecule has 3 aromatic carbocycles. The lowest BCUT2D eigenvalue weighted by Gasteiger charge is -2.13. The molecule has 0 fully saturated rings. The fraction of sp³-hybridized carbons (Fsp3) is 0.115. The lowest BCUT2D eigenvalue weighted by atomic mass is 10.1. The van der Waals surface area contributed by atoms with Crippen LogP contribution in [-0.2, 0) is 4.74 Å². The standard InChI is InChI=1S/C26H22ClN3O5/c1-32-21-11-19(12-22(13-21)33-2)30-26-28-14-17(15-29-26)23-9-4-16(25(31)34-3)10-24(23)35-20-7-5-18(27)6-8-20/h4-15H,1-3H3,(H,28,29,30). The third-order valence-corrected chi connectivity index (χ3v) is 5.27. The van der Waals surface area contributed by atoms with Crippen LogP contribution in [0.3, 0.4) is 0 Å². The number of nitrogens with one attached hydrogen (secondary N) is 1. The Labute approximate surface area is 207 Å². The molecule has 0 radical (unpaired) electrons. The minimum absolute atomic E-state index is 0.353. The van der Waals surface area contributed by atoms with E-state index in [1.165, 1.54) is 7.11 Å². The largest absolute Gasteiger partial charge is 0.497 e. The van der Waals surface area contributed by atoms with E-state index >= 15 is 0 Å². The Morgan fingerprint density at radius 2 is 1.49 bits per heavy atom. The number of carbonyl (C=O) groups excluding carboxylic acids is 1. The molecule has 4 rings (SSSR count). The third-order valence-electron chi connectivity index (χ3n) is 5.01. The molecule has 0 spiro atoms. The second kappa shape index (κ2) is 10.8. The molecule has 0 saturated heterocycles. The van der Waals surface area contributed by atoms with Crippen molar-refractivity contribution in [3.8, 4) is 34.1 Å². The topological polar surface area (TPSA) is 91.8 Å². The van der Waals surface area contributed by atoms with Gasteiger partial charge in [0.25, 0.3) is 0 Å². The van der Waals surface area contributed by atoms with E-state index in [0.29, 0.717) is 56.3 Å². The minimum atomic E-state index is -0.470. The number of ether oxygens (including phenoxy) is 4. The number of benzene rings is 3. The van der Waals surface area contributed by atoms with Gasteiger partial charge in [-0.3, -0.25) is 0 Å². The van der Waals surface area contributed by atoms with E-state index in [2.05, 4.69) is 15.3 Å². The van der Waals surface area contributed by atoms with Crippen molar-refractivity contribution < 1.29 is 23.7 Å². The van der Waals surface area contributed by atoms with Crippen molar-refractivity contribution in [3.05, 3.63) is 83.6 Å². The summed E-state index contributed by atoms with van der Waals surface area (Å²) in [5.74, 6) is 2.19. The van der Waals surface area contributed by atoms with Crippen molar-refractivity contribution >= 4 is 29.2 Å². The molecule has 4 aromatic rings. The van der Waals surface area contributed by atoms with E-state index in [1.807, 2.05) is 12.1 Å². The van der Waals surface area contributed by atoms with Crippen LogP contribution in [0.5, 0.6) is 23.0 Å². The first-order valence-electron chi connectivity index (χ1n) is 10.5. The number of hydrogen-bond donors (Lipinski definition) is 1. The van der Waals surface area contributed by atoms with Gasteiger partial charge in [-0.25, -0.2) is 14.8 Å². The Kier molecular flexibility index (Phi) is 7.32.